The van der Waals surface area contributed by atoms with Crippen LogP contribution in [0.1, 0.15) is 32.6 Å². The van der Waals surface area contributed by atoms with Gasteiger partial charge >= 0.3 is 6.09 Å². The third-order valence-electron chi connectivity index (χ3n) is 2.41. The van der Waals surface area contributed by atoms with Gasteiger partial charge in [0.15, 0.2) is 5.82 Å². The van der Waals surface area contributed by atoms with Crippen molar-refractivity contribution >= 4 is 6.09 Å². The van der Waals surface area contributed by atoms with Crippen LogP contribution < -0.4 is 0 Å². The maximum absolute atomic E-state index is 12.2. The highest BCUT2D eigenvalue weighted by atomic mass is 16.6. The molecule has 1 atom stereocenters. The summed E-state index contributed by atoms with van der Waals surface area (Å²) in [6.45, 7) is 5.51. The van der Waals surface area contributed by atoms with Crippen LogP contribution in [0.3, 0.4) is 0 Å². The second-order valence-corrected chi connectivity index (χ2v) is 5.17. The van der Waals surface area contributed by atoms with Gasteiger partial charge in [-0.05, 0) is 32.9 Å². The summed E-state index contributed by atoms with van der Waals surface area (Å²) < 4.78 is 5.38. The first-order chi connectivity index (χ1) is 8.97. The van der Waals surface area contributed by atoms with Crippen molar-refractivity contribution in [1.82, 2.24) is 14.9 Å². The Hall–Kier alpha value is -2.17. The molecule has 1 aliphatic heterocycles. The van der Waals surface area contributed by atoms with E-state index < -0.39 is 11.7 Å². The number of carbonyl (C=O) groups excluding carboxylic acids is 1. The fraction of sp³-hybridized carbons (Fsp3) is 0.357. The number of hydrogen-bond acceptors (Lipinski definition) is 4. The third kappa shape index (κ3) is 3.40. The number of hydrogen-bond donors (Lipinski definition) is 0. The summed E-state index contributed by atoms with van der Waals surface area (Å²) in [5, 5.41) is 0. The molecule has 0 N–H and O–H groups in total. The number of aromatic nitrogens is 2. The summed E-state index contributed by atoms with van der Waals surface area (Å²) in [6, 6.07) is 1.41. The van der Waals surface area contributed by atoms with Gasteiger partial charge in [-0.15, -0.1) is 0 Å². The van der Waals surface area contributed by atoms with Crippen molar-refractivity contribution in [2.75, 3.05) is 0 Å². The van der Waals surface area contributed by atoms with Crippen molar-refractivity contribution in [2.45, 2.75) is 32.4 Å². The lowest BCUT2D eigenvalue weighted by molar-refractivity contribution is 0.0288. The molecule has 0 aliphatic carbocycles. The number of nitrogens with zero attached hydrogens (tertiary/aromatic N) is 3. The van der Waals surface area contributed by atoms with Crippen LogP contribution in [0.4, 0.5) is 4.79 Å². The van der Waals surface area contributed by atoms with E-state index in [9.17, 15) is 4.79 Å². The lowest BCUT2D eigenvalue weighted by atomic mass is 10.1. The van der Waals surface area contributed by atoms with Gasteiger partial charge < -0.3 is 4.74 Å². The maximum atomic E-state index is 12.2. The molecule has 0 saturated heterocycles. The van der Waals surface area contributed by atoms with Gasteiger partial charge in [-0.1, -0.05) is 12.2 Å². The lowest BCUT2D eigenvalue weighted by Crippen LogP contribution is -2.36. The van der Waals surface area contributed by atoms with Crippen LogP contribution in [0.2, 0.25) is 0 Å². The van der Waals surface area contributed by atoms with Crippen LogP contribution in [-0.2, 0) is 4.74 Å². The molecule has 2 heterocycles. The normalized spacial score (nSPS) is 18.5. The predicted octanol–water partition coefficient (Wildman–Crippen LogP) is 2.84. The van der Waals surface area contributed by atoms with Gasteiger partial charge in [-0.25, -0.2) is 14.8 Å². The Bertz CT molecular complexity index is 503. The first-order valence-corrected chi connectivity index (χ1v) is 6.10. The van der Waals surface area contributed by atoms with Gasteiger partial charge in [-0.2, -0.15) is 0 Å². The summed E-state index contributed by atoms with van der Waals surface area (Å²) in [5.41, 5.74) is -0.534. The molecule has 0 radical (unpaired) electrons. The summed E-state index contributed by atoms with van der Waals surface area (Å²) in [7, 11) is 0. The molecule has 1 aromatic heterocycles. The minimum atomic E-state index is -0.534. The van der Waals surface area contributed by atoms with Crippen LogP contribution in [0.5, 0.6) is 0 Å². The second kappa shape index (κ2) is 5.22. The molecule has 1 unspecified atom stereocenters. The van der Waals surface area contributed by atoms with E-state index in [-0.39, 0.29) is 6.04 Å². The van der Waals surface area contributed by atoms with E-state index >= 15 is 0 Å². The minimum absolute atomic E-state index is 0.332. The summed E-state index contributed by atoms with van der Waals surface area (Å²) in [4.78, 5) is 22.0. The van der Waals surface area contributed by atoms with E-state index in [0.717, 1.165) is 0 Å². The fourth-order valence-electron chi connectivity index (χ4n) is 1.66. The number of allylic oxidation sites excluding steroid dienone is 2. The van der Waals surface area contributed by atoms with E-state index in [1.54, 1.807) is 30.7 Å². The van der Waals surface area contributed by atoms with E-state index in [1.807, 2.05) is 32.9 Å². The predicted molar refractivity (Wildman–Crippen MR) is 71.1 cm³/mol. The topological polar surface area (TPSA) is 55.3 Å². The molecule has 1 aromatic rings. The van der Waals surface area contributed by atoms with E-state index in [1.165, 1.54) is 4.90 Å². The molecule has 5 nitrogen and oxygen atoms in total. The molecule has 1 aliphatic rings. The zero-order valence-corrected chi connectivity index (χ0v) is 11.3. The SMILES string of the molecule is CC(C)(C)OC(=O)N1C=CC=CC1c1ncccn1. The second-order valence-electron chi connectivity index (χ2n) is 5.17. The van der Waals surface area contributed by atoms with Crippen LogP contribution in [0, 0.1) is 0 Å². The monoisotopic (exact) mass is 259 g/mol. The zero-order chi connectivity index (χ0) is 13.9. The molecule has 2 rings (SSSR count). The van der Waals surface area contributed by atoms with Gasteiger partial charge in [0.2, 0.25) is 0 Å². The largest absolute Gasteiger partial charge is 0.443 e. The number of ether oxygens (including phenoxy) is 1. The Labute approximate surface area is 112 Å². The van der Waals surface area contributed by atoms with Crippen molar-refractivity contribution in [3.05, 3.63) is 48.7 Å². The average Bonchev–Trinajstić information content (AvgIpc) is 2.38. The van der Waals surface area contributed by atoms with Crippen LogP contribution in [-0.4, -0.2) is 26.6 Å². The Kier molecular flexibility index (Phi) is 3.64. The number of amides is 1. The molecule has 0 spiro atoms. The molecule has 100 valence electrons. The first kappa shape index (κ1) is 13.3. The highest BCUT2D eigenvalue weighted by Crippen LogP contribution is 2.24. The van der Waals surface area contributed by atoms with Crippen molar-refractivity contribution < 1.29 is 9.53 Å². The van der Waals surface area contributed by atoms with Crippen LogP contribution in [0.15, 0.2) is 42.9 Å². The molecule has 0 bridgehead atoms. The quantitative estimate of drug-likeness (QED) is 0.778. The minimum Gasteiger partial charge on any atom is -0.443 e. The molecular formula is C14H17N3O2. The Morgan fingerprint density at radius 3 is 2.58 bits per heavy atom. The standard InChI is InChI=1S/C14H17N3O2/c1-14(2,3)19-13(18)17-10-5-4-7-11(17)12-15-8-6-9-16-12/h4-11H,1-3H3. The molecular weight excluding hydrogens is 242 g/mol. The smallest absolute Gasteiger partial charge is 0.415 e. The van der Waals surface area contributed by atoms with Crippen molar-refractivity contribution in [1.29, 1.82) is 0 Å². The van der Waals surface area contributed by atoms with Crippen LogP contribution in [0.25, 0.3) is 0 Å². The summed E-state index contributed by atoms with van der Waals surface area (Å²) in [6.07, 6.45) is 10.1. The van der Waals surface area contributed by atoms with Gasteiger partial charge in [0, 0.05) is 18.6 Å². The van der Waals surface area contributed by atoms with Crippen LogP contribution >= 0.6 is 0 Å². The van der Waals surface area contributed by atoms with E-state index in [0.29, 0.717) is 5.82 Å². The van der Waals surface area contributed by atoms with Gasteiger partial charge in [-0.3, -0.25) is 4.90 Å². The molecule has 5 heteroatoms. The Balaban J connectivity index is 2.21. The maximum Gasteiger partial charge on any atom is 0.415 e. The number of carbonyl (C=O) groups is 1. The fourth-order valence-corrected chi connectivity index (χ4v) is 1.66. The van der Waals surface area contributed by atoms with E-state index in [4.69, 9.17) is 4.74 Å². The molecule has 0 saturated carbocycles. The molecule has 0 fully saturated rings. The zero-order valence-electron chi connectivity index (χ0n) is 11.3. The first-order valence-electron chi connectivity index (χ1n) is 6.10. The summed E-state index contributed by atoms with van der Waals surface area (Å²) in [5.74, 6) is 0.564. The van der Waals surface area contributed by atoms with Gasteiger partial charge in [0.05, 0.1) is 0 Å². The molecule has 19 heavy (non-hydrogen) atoms. The van der Waals surface area contributed by atoms with Crippen molar-refractivity contribution in [3.63, 3.8) is 0 Å². The Morgan fingerprint density at radius 2 is 1.95 bits per heavy atom. The summed E-state index contributed by atoms with van der Waals surface area (Å²) >= 11 is 0. The highest BCUT2D eigenvalue weighted by Gasteiger charge is 2.28. The third-order valence-corrected chi connectivity index (χ3v) is 2.41. The van der Waals surface area contributed by atoms with Gasteiger partial charge in [0.25, 0.3) is 0 Å². The van der Waals surface area contributed by atoms with E-state index in [2.05, 4.69) is 9.97 Å². The van der Waals surface area contributed by atoms with Gasteiger partial charge in [0.1, 0.15) is 11.6 Å². The highest BCUT2D eigenvalue weighted by molar-refractivity contribution is 5.70. The lowest BCUT2D eigenvalue weighted by Gasteiger charge is -2.30. The Morgan fingerprint density at radius 1 is 1.26 bits per heavy atom. The number of rotatable bonds is 1. The van der Waals surface area contributed by atoms with Crippen molar-refractivity contribution in [2.24, 2.45) is 0 Å². The average molecular weight is 259 g/mol. The van der Waals surface area contributed by atoms with Crippen molar-refractivity contribution in [3.8, 4) is 0 Å². The molecule has 1 amide bonds. The molecule has 0 aromatic carbocycles.